The molecule has 3 nitrogen and oxygen atoms in total. The fraction of sp³-hybridized carbons (Fsp3) is 0.417. The summed E-state index contributed by atoms with van der Waals surface area (Å²) in [6.07, 6.45) is 3.62. The van der Waals surface area contributed by atoms with E-state index >= 15 is 0 Å². The molecule has 4 heteroatoms. The van der Waals surface area contributed by atoms with E-state index in [2.05, 4.69) is 6.92 Å². The molecule has 0 aromatic heterocycles. The maximum Gasteiger partial charge on any atom is 0.337 e. The zero-order chi connectivity index (χ0) is 12.0. The summed E-state index contributed by atoms with van der Waals surface area (Å²) < 4.78 is 0. The van der Waals surface area contributed by atoms with Crippen LogP contribution in [-0.4, -0.2) is 16.8 Å². The van der Waals surface area contributed by atoms with Crippen molar-refractivity contribution >= 4 is 23.4 Å². The van der Waals surface area contributed by atoms with Crippen LogP contribution in [0, 0.1) is 0 Å². The molecule has 0 radical (unpaired) electrons. The minimum Gasteiger partial charge on any atom is -0.478 e. The van der Waals surface area contributed by atoms with Crippen LogP contribution in [0.25, 0.3) is 0 Å². The Balaban J connectivity index is 2.56. The average Bonchev–Trinajstić information content (AvgIpc) is 2.24. The van der Waals surface area contributed by atoms with Gasteiger partial charge in [0.05, 0.1) is 5.56 Å². The van der Waals surface area contributed by atoms with Crippen molar-refractivity contribution in [3.05, 3.63) is 23.8 Å². The summed E-state index contributed by atoms with van der Waals surface area (Å²) in [4.78, 5) is 11.8. The number of nitrogen functional groups attached to an aromatic ring is 1. The second kappa shape index (κ2) is 6.43. The Morgan fingerprint density at radius 3 is 2.75 bits per heavy atom. The first kappa shape index (κ1) is 12.9. The van der Waals surface area contributed by atoms with Crippen LogP contribution in [0.1, 0.15) is 36.5 Å². The smallest absolute Gasteiger partial charge is 0.337 e. The zero-order valence-electron chi connectivity index (χ0n) is 9.40. The number of hydrogen-bond donors (Lipinski definition) is 2. The number of benzene rings is 1. The molecule has 0 bridgehead atoms. The zero-order valence-corrected chi connectivity index (χ0v) is 10.2. The highest BCUT2D eigenvalue weighted by Gasteiger charge is 2.07. The van der Waals surface area contributed by atoms with Crippen molar-refractivity contribution in [2.75, 3.05) is 11.5 Å². The van der Waals surface area contributed by atoms with Crippen molar-refractivity contribution in [3.8, 4) is 0 Å². The molecule has 88 valence electrons. The molecule has 16 heavy (non-hydrogen) atoms. The highest BCUT2D eigenvalue weighted by atomic mass is 32.2. The van der Waals surface area contributed by atoms with Crippen LogP contribution in [0.5, 0.6) is 0 Å². The number of nitrogens with two attached hydrogens (primary N) is 1. The van der Waals surface area contributed by atoms with Gasteiger partial charge in [0.2, 0.25) is 0 Å². The number of carboxylic acid groups (broad SMARTS) is 1. The summed E-state index contributed by atoms with van der Waals surface area (Å²) in [5.74, 6) is 0.0831. The Bertz CT molecular complexity index is 366. The molecule has 1 aromatic rings. The lowest BCUT2D eigenvalue weighted by atomic mass is 10.2. The summed E-state index contributed by atoms with van der Waals surface area (Å²) >= 11 is 1.72. The van der Waals surface area contributed by atoms with Gasteiger partial charge in [0, 0.05) is 10.6 Å². The highest BCUT2D eigenvalue weighted by molar-refractivity contribution is 7.99. The maximum absolute atomic E-state index is 10.7. The van der Waals surface area contributed by atoms with Gasteiger partial charge < -0.3 is 10.8 Å². The van der Waals surface area contributed by atoms with Gasteiger partial charge in [-0.3, -0.25) is 0 Å². The van der Waals surface area contributed by atoms with Crippen molar-refractivity contribution in [2.24, 2.45) is 0 Å². The SMILES string of the molecule is CCCCCSc1ccc(C(=O)O)c(N)c1. The molecule has 0 saturated heterocycles. The first-order valence-corrected chi connectivity index (χ1v) is 6.39. The van der Waals surface area contributed by atoms with Crippen LogP contribution >= 0.6 is 11.8 Å². The normalized spacial score (nSPS) is 10.3. The molecule has 1 aromatic carbocycles. The molecule has 0 aliphatic heterocycles. The summed E-state index contributed by atoms with van der Waals surface area (Å²) in [5.41, 5.74) is 6.18. The van der Waals surface area contributed by atoms with Gasteiger partial charge in [-0.25, -0.2) is 4.79 Å². The number of carboxylic acids is 1. The van der Waals surface area contributed by atoms with E-state index in [-0.39, 0.29) is 5.56 Å². The van der Waals surface area contributed by atoms with E-state index in [0.717, 1.165) is 10.6 Å². The number of thioether (sulfide) groups is 1. The van der Waals surface area contributed by atoms with Crippen LogP contribution in [0.15, 0.2) is 23.1 Å². The Morgan fingerprint density at radius 2 is 2.19 bits per heavy atom. The third-order valence-electron chi connectivity index (χ3n) is 2.27. The number of unbranched alkanes of at least 4 members (excludes halogenated alkanes) is 2. The van der Waals surface area contributed by atoms with E-state index in [1.54, 1.807) is 23.9 Å². The predicted octanol–water partition coefficient (Wildman–Crippen LogP) is 3.25. The van der Waals surface area contributed by atoms with E-state index in [1.807, 2.05) is 6.07 Å². The van der Waals surface area contributed by atoms with Gasteiger partial charge >= 0.3 is 5.97 Å². The van der Waals surface area contributed by atoms with E-state index in [9.17, 15) is 4.79 Å². The molecule has 0 aliphatic carbocycles. The van der Waals surface area contributed by atoms with Crippen molar-refractivity contribution in [1.82, 2.24) is 0 Å². The second-order valence-corrected chi connectivity index (χ2v) is 4.78. The molecular weight excluding hydrogens is 222 g/mol. The molecule has 0 unspecified atom stereocenters. The Labute approximate surface area is 100 Å². The number of anilines is 1. The molecule has 0 fully saturated rings. The fourth-order valence-corrected chi connectivity index (χ4v) is 2.33. The lowest BCUT2D eigenvalue weighted by Crippen LogP contribution is -2.01. The first-order chi connectivity index (χ1) is 7.65. The Hall–Kier alpha value is -1.16. The van der Waals surface area contributed by atoms with Gasteiger partial charge in [-0.05, 0) is 30.4 Å². The minimum absolute atomic E-state index is 0.179. The first-order valence-electron chi connectivity index (χ1n) is 5.40. The van der Waals surface area contributed by atoms with Gasteiger partial charge in [0.25, 0.3) is 0 Å². The second-order valence-electron chi connectivity index (χ2n) is 3.61. The van der Waals surface area contributed by atoms with Crippen molar-refractivity contribution in [3.63, 3.8) is 0 Å². The number of aromatic carboxylic acids is 1. The van der Waals surface area contributed by atoms with Crippen LogP contribution in [0.3, 0.4) is 0 Å². The molecule has 1 rings (SSSR count). The van der Waals surface area contributed by atoms with Gasteiger partial charge in [0.15, 0.2) is 0 Å². The van der Waals surface area contributed by atoms with Crippen LogP contribution < -0.4 is 5.73 Å². The highest BCUT2D eigenvalue weighted by Crippen LogP contribution is 2.24. The monoisotopic (exact) mass is 239 g/mol. The summed E-state index contributed by atoms with van der Waals surface area (Å²) in [7, 11) is 0. The summed E-state index contributed by atoms with van der Waals surface area (Å²) in [5, 5.41) is 8.82. The molecule has 0 heterocycles. The standard InChI is InChI=1S/C12H17NO2S/c1-2-3-4-7-16-9-5-6-10(12(14)15)11(13)8-9/h5-6,8H,2-4,7,13H2,1H3,(H,14,15). The quantitative estimate of drug-likeness (QED) is 0.454. The topological polar surface area (TPSA) is 63.3 Å². The van der Waals surface area contributed by atoms with Crippen LogP contribution in [0.2, 0.25) is 0 Å². The van der Waals surface area contributed by atoms with E-state index in [1.165, 1.54) is 19.3 Å². The summed E-state index contributed by atoms with van der Waals surface area (Å²) in [6.45, 7) is 2.17. The molecule has 0 aliphatic rings. The van der Waals surface area contributed by atoms with Gasteiger partial charge in [-0.1, -0.05) is 19.8 Å². The average molecular weight is 239 g/mol. The maximum atomic E-state index is 10.7. The summed E-state index contributed by atoms with van der Waals surface area (Å²) in [6, 6.07) is 5.12. The third kappa shape index (κ3) is 3.77. The molecule has 0 amide bonds. The Morgan fingerprint density at radius 1 is 1.44 bits per heavy atom. The predicted molar refractivity (Wildman–Crippen MR) is 68.1 cm³/mol. The third-order valence-corrected chi connectivity index (χ3v) is 3.35. The number of rotatable bonds is 6. The van der Waals surface area contributed by atoms with Gasteiger partial charge in [-0.2, -0.15) is 0 Å². The van der Waals surface area contributed by atoms with E-state index in [4.69, 9.17) is 10.8 Å². The van der Waals surface area contributed by atoms with Crippen molar-refractivity contribution in [1.29, 1.82) is 0 Å². The molecule has 3 N–H and O–H groups in total. The largest absolute Gasteiger partial charge is 0.478 e. The number of carbonyl (C=O) groups is 1. The lowest BCUT2D eigenvalue weighted by molar-refractivity contribution is 0.0698. The molecular formula is C12H17NO2S. The lowest BCUT2D eigenvalue weighted by Gasteiger charge is -2.04. The fourth-order valence-electron chi connectivity index (χ4n) is 1.37. The van der Waals surface area contributed by atoms with Crippen LogP contribution in [-0.2, 0) is 0 Å². The number of hydrogen-bond acceptors (Lipinski definition) is 3. The van der Waals surface area contributed by atoms with Gasteiger partial charge in [-0.15, -0.1) is 11.8 Å². The molecule has 0 atom stereocenters. The Kier molecular flexibility index (Phi) is 5.19. The van der Waals surface area contributed by atoms with Gasteiger partial charge in [0.1, 0.15) is 0 Å². The molecule has 0 spiro atoms. The molecule has 0 saturated carbocycles. The van der Waals surface area contributed by atoms with Crippen LogP contribution in [0.4, 0.5) is 5.69 Å². The minimum atomic E-state index is -0.972. The van der Waals surface area contributed by atoms with Crippen molar-refractivity contribution in [2.45, 2.75) is 31.1 Å². The van der Waals surface area contributed by atoms with E-state index in [0.29, 0.717) is 5.69 Å². The van der Waals surface area contributed by atoms with E-state index < -0.39 is 5.97 Å². The van der Waals surface area contributed by atoms with Crippen molar-refractivity contribution < 1.29 is 9.90 Å².